The van der Waals surface area contributed by atoms with Crippen molar-refractivity contribution in [3.05, 3.63) is 75.3 Å². The number of unbranched alkanes of at least 4 members (excludes halogenated alkanes) is 13. The molecule has 2 aromatic carbocycles. The first-order valence-electron chi connectivity index (χ1n) is 15.6. The highest BCUT2D eigenvalue weighted by atomic mass is 16.6. The number of non-ortho nitro benzene ring substituents is 1. The summed E-state index contributed by atoms with van der Waals surface area (Å²) in [6.07, 6.45) is 16.9. The van der Waals surface area contributed by atoms with Crippen LogP contribution in [0, 0.1) is 10.1 Å². The maximum Gasteiger partial charge on any atom is 0.295 e. The molecule has 1 heterocycles. The number of benzene rings is 2. The molecule has 0 spiro atoms. The van der Waals surface area contributed by atoms with Gasteiger partial charge in [-0.25, -0.2) is 0 Å². The lowest BCUT2D eigenvalue weighted by molar-refractivity contribution is -0.384. The van der Waals surface area contributed by atoms with Crippen molar-refractivity contribution >= 4 is 23.1 Å². The molecule has 1 amide bonds. The van der Waals surface area contributed by atoms with Gasteiger partial charge >= 0.3 is 0 Å². The first kappa shape index (κ1) is 32.8. The number of nitrogens with zero attached hydrogens (tertiary/aromatic N) is 2. The predicted octanol–water partition coefficient (Wildman–Crippen LogP) is 8.51. The van der Waals surface area contributed by atoms with Gasteiger partial charge < -0.3 is 14.7 Å². The molecule has 0 radical (unpaired) electrons. The van der Waals surface area contributed by atoms with E-state index in [1.54, 1.807) is 30.3 Å². The van der Waals surface area contributed by atoms with Gasteiger partial charge in [-0.1, -0.05) is 103 Å². The molecule has 228 valence electrons. The number of nitro benzene ring substituents is 1. The summed E-state index contributed by atoms with van der Waals surface area (Å²) in [6.45, 7) is 2.57. The summed E-state index contributed by atoms with van der Waals surface area (Å²) >= 11 is 0. The van der Waals surface area contributed by atoms with Gasteiger partial charge in [0.2, 0.25) is 0 Å². The Bertz CT molecular complexity index is 1210. The Hall–Kier alpha value is -3.68. The minimum atomic E-state index is -0.908. The van der Waals surface area contributed by atoms with Crippen molar-refractivity contribution < 1.29 is 24.4 Å². The molecule has 8 heteroatoms. The number of hydrogen-bond donors (Lipinski definition) is 1. The fraction of sp³-hybridized carbons (Fsp3) is 0.529. The van der Waals surface area contributed by atoms with E-state index in [-0.39, 0.29) is 17.0 Å². The highest BCUT2D eigenvalue weighted by molar-refractivity contribution is 6.46. The van der Waals surface area contributed by atoms with Crippen molar-refractivity contribution in [1.82, 2.24) is 4.90 Å². The van der Waals surface area contributed by atoms with E-state index in [1.165, 1.54) is 94.4 Å². The molecule has 3 rings (SSSR count). The maximum absolute atomic E-state index is 13.2. The molecule has 1 aliphatic rings. The number of aliphatic hydroxyl groups excluding tert-OH is 1. The molecule has 1 fully saturated rings. The van der Waals surface area contributed by atoms with Crippen molar-refractivity contribution in [1.29, 1.82) is 0 Å². The minimum Gasteiger partial charge on any atom is -0.507 e. The van der Waals surface area contributed by atoms with Crippen molar-refractivity contribution in [3.63, 3.8) is 0 Å². The van der Waals surface area contributed by atoms with Crippen LogP contribution in [0.2, 0.25) is 0 Å². The monoisotopic (exact) mass is 578 g/mol. The first-order chi connectivity index (χ1) is 20.4. The molecule has 2 aromatic rings. The molecule has 0 aliphatic carbocycles. The summed E-state index contributed by atoms with van der Waals surface area (Å²) in [5.41, 5.74) is 0.583. The second kappa shape index (κ2) is 17.3. The van der Waals surface area contributed by atoms with Crippen LogP contribution in [0.25, 0.3) is 5.76 Å². The predicted molar refractivity (Wildman–Crippen MR) is 165 cm³/mol. The highest BCUT2D eigenvalue weighted by Crippen LogP contribution is 2.40. The molecule has 0 saturated carbocycles. The normalized spacial score (nSPS) is 16.2. The average molecular weight is 579 g/mol. The second-order valence-electron chi connectivity index (χ2n) is 11.2. The fourth-order valence-electron chi connectivity index (χ4n) is 5.65. The Morgan fingerprint density at radius 1 is 0.857 bits per heavy atom. The number of methoxy groups -OCH3 is 1. The molecule has 1 saturated heterocycles. The van der Waals surface area contributed by atoms with E-state index < -0.39 is 22.7 Å². The molecule has 1 N–H and O–H groups in total. The SMILES string of the molecule is CCCCCCCCCCCCCCCCN1C(=O)C(=O)/C(=C(/O)c2ccc(OC)cc2)[C@@H]1c1cccc([N+](=O)[O-])c1. The first-order valence-corrected chi connectivity index (χ1v) is 15.6. The molecule has 42 heavy (non-hydrogen) atoms. The quantitative estimate of drug-likeness (QED) is 0.0447. The Kier molecular flexibility index (Phi) is 13.5. The lowest BCUT2D eigenvalue weighted by atomic mass is 9.95. The number of amides is 1. The topological polar surface area (TPSA) is 110 Å². The summed E-state index contributed by atoms with van der Waals surface area (Å²) in [5, 5.41) is 22.7. The molecular weight excluding hydrogens is 532 g/mol. The number of ether oxygens (including phenoxy) is 1. The summed E-state index contributed by atoms with van der Waals surface area (Å²) in [6, 6.07) is 11.6. The summed E-state index contributed by atoms with van der Waals surface area (Å²) in [7, 11) is 1.53. The van der Waals surface area contributed by atoms with Crippen molar-refractivity contribution in [2.24, 2.45) is 0 Å². The number of nitro groups is 1. The summed E-state index contributed by atoms with van der Waals surface area (Å²) in [5.74, 6) is -1.21. The number of carbonyl (C=O) groups is 2. The van der Waals surface area contributed by atoms with E-state index >= 15 is 0 Å². The van der Waals surface area contributed by atoms with E-state index in [1.807, 2.05) is 0 Å². The molecular formula is C34H46N2O6. The average Bonchev–Trinajstić information content (AvgIpc) is 3.26. The third-order valence-corrected chi connectivity index (χ3v) is 8.05. The number of aliphatic hydroxyl groups is 1. The van der Waals surface area contributed by atoms with Crippen molar-refractivity contribution in [2.45, 2.75) is 103 Å². The van der Waals surface area contributed by atoms with Gasteiger partial charge in [0.05, 0.1) is 23.6 Å². The van der Waals surface area contributed by atoms with Gasteiger partial charge in [-0.2, -0.15) is 0 Å². The lowest BCUT2D eigenvalue weighted by Crippen LogP contribution is -2.30. The van der Waals surface area contributed by atoms with Crippen LogP contribution in [0.1, 0.15) is 114 Å². The van der Waals surface area contributed by atoms with Crippen LogP contribution < -0.4 is 4.74 Å². The van der Waals surface area contributed by atoms with Crippen LogP contribution in [0.4, 0.5) is 5.69 Å². The number of rotatable bonds is 19. The molecule has 8 nitrogen and oxygen atoms in total. The van der Waals surface area contributed by atoms with E-state index in [9.17, 15) is 24.8 Å². The zero-order valence-electron chi connectivity index (χ0n) is 25.2. The van der Waals surface area contributed by atoms with E-state index in [0.717, 1.165) is 19.3 Å². The van der Waals surface area contributed by atoms with Crippen LogP contribution in [-0.4, -0.2) is 40.3 Å². The third kappa shape index (κ3) is 9.16. The van der Waals surface area contributed by atoms with E-state index in [2.05, 4.69) is 6.92 Å². The standard InChI is InChI=1S/C34H46N2O6/c1-3-4-5-6-7-8-9-10-11-12-13-14-15-16-24-35-31(27-18-17-19-28(25-27)36(40)41)30(33(38)34(35)39)32(37)26-20-22-29(42-2)23-21-26/h17-23,25,31,37H,3-16,24H2,1-2H3/b32-30+/t31-/m0/s1. The number of likely N-dealkylation sites (tertiary alicyclic amines) is 1. The Morgan fingerprint density at radius 3 is 1.93 bits per heavy atom. The van der Waals surface area contributed by atoms with Crippen LogP contribution >= 0.6 is 0 Å². The largest absolute Gasteiger partial charge is 0.507 e. The molecule has 0 unspecified atom stereocenters. The Labute approximate surface area is 249 Å². The van der Waals surface area contributed by atoms with Gasteiger partial charge in [-0.3, -0.25) is 19.7 Å². The van der Waals surface area contributed by atoms with Gasteiger partial charge in [-0.15, -0.1) is 0 Å². The summed E-state index contributed by atoms with van der Waals surface area (Å²) < 4.78 is 5.18. The van der Waals surface area contributed by atoms with Crippen LogP contribution in [0.5, 0.6) is 5.75 Å². The lowest BCUT2D eigenvalue weighted by Gasteiger charge is -2.25. The van der Waals surface area contributed by atoms with Crippen molar-refractivity contribution in [3.8, 4) is 5.75 Å². The number of carbonyl (C=O) groups excluding carboxylic acids is 2. The Balaban J connectivity index is 1.61. The fourth-order valence-corrected chi connectivity index (χ4v) is 5.65. The second-order valence-corrected chi connectivity index (χ2v) is 11.2. The van der Waals surface area contributed by atoms with Gasteiger partial charge in [0.15, 0.2) is 0 Å². The van der Waals surface area contributed by atoms with Crippen LogP contribution in [-0.2, 0) is 9.59 Å². The highest BCUT2D eigenvalue weighted by Gasteiger charge is 2.46. The zero-order valence-corrected chi connectivity index (χ0v) is 25.2. The van der Waals surface area contributed by atoms with Crippen LogP contribution in [0.15, 0.2) is 54.1 Å². The van der Waals surface area contributed by atoms with Crippen molar-refractivity contribution in [2.75, 3.05) is 13.7 Å². The molecule has 0 aromatic heterocycles. The third-order valence-electron chi connectivity index (χ3n) is 8.05. The number of Topliss-reactive ketones (excluding diaryl/α,β-unsaturated/α-hetero) is 1. The number of hydrogen-bond acceptors (Lipinski definition) is 6. The van der Waals surface area contributed by atoms with Gasteiger partial charge in [0.1, 0.15) is 11.5 Å². The van der Waals surface area contributed by atoms with E-state index in [4.69, 9.17) is 4.74 Å². The number of ketones is 1. The molecule has 1 aliphatic heterocycles. The van der Waals surface area contributed by atoms with Gasteiger partial charge in [0.25, 0.3) is 17.4 Å². The summed E-state index contributed by atoms with van der Waals surface area (Å²) in [4.78, 5) is 38.9. The van der Waals surface area contributed by atoms with Crippen LogP contribution in [0.3, 0.4) is 0 Å². The minimum absolute atomic E-state index is 0.0592. The maximum atomic E-state index is 13.2. The van der Waals surface area contributed by atoms with E-state index in [0.29, 0.717) is 29.8 Å². The Morgan fingerprint density at radius 2 is 1.40 bits per heavy atom. The van der Waals surface area contributed by atoms with Gasteiger partial charge in [-0.05, 0) is 36.2 Å². The smallest absolute Gasteiger partial charge is 0.295 e. The molecule has 1 atom stereocenters. The van der Waals surface area contributed by atoms with Gasteiger partial charge in [0, 0.05) is 24.2 Å². The zero-order chi connectivity index (χ0) is 30.3. The molecule has 0 bridgehead atoms.